The van der Waals surface area contributed by atoms with Gasteiger partial charge in [-0.25, -0.2) is 4.98 Å². The number of nitrogens with zero attached hydrogens (tertiary/aromatic N) is 3. The molecular formula is C14H24N4. The Balaban J connectivity index is 2.12. The van der Waals surface area contributed by atoms with Crippen molar-refractivity contribution in [1.29, 1.82) is 0 Å². The maximum absolute atomic E-state index is 4.37. The van der Waals surface area contributed by atoms with Gasteiger partial charge in [0.15, 0.2) is 0 Å². The summed E-state index contributed by atoms with van der Waals surface area (Å²) in [6.45, 7) is 5.50. The van der Waals surface area contributed by atoms with Gasteiger partial charge in [0.25, 0.3) is 0 Å². The Labute approximate surface area is 110 Å². The van der Waals surface area contributed by atoms with Gasteiger partial charge >= 0.3 is 0 Å². The predicted octanol–water partition coefficient (Wildman–Crippen LogP) is 2.36. The first kappa shape index (κ1) is 13.1. The molecule has 1 heterocycles. The van der Waals surface area contributed by atoms with Crippen LogP contribution in [-0.2, 0) is 6.54 Å². The van der Waals surface area contributed by atoms with Crippen molar-refractivity contribution in [1.82, 2.24) is 14.5 Å². The Bertz CT molecular complexity index is 388. The Kier molecular flexibility index (Phi) is 4.07. The molecule has 1 fully saturated rings. The molecule has 0 aromatic carbocycles. The van der Waals surface area contributed by atoms with Crippen molar-refractivity contribution >= 4 is 5.95 Å². The molecule has 0 spiro atoms. The van der Waals surface area contributed by atoms with E-state index in [0.29, 0.717) is 5.54 Å². The molecule has 18 heavy (non-hydrogen) atoms. The van der Waals surface area contributed by atoms with Gasteiger partial charge in [0, 0.05) is 31.0 Å². The molecule has 4 nitrogen and oxygen atoms in total. The van der Waals surface area contributed by atoms with Gasteiger partial charge < -0.3 is 14.8 Å². The molecule has 0 atom stereocenters. The highest BCUT2D eigenvalue weighted by atomic mass is 15.2. The van der Waals surface area contributed by atoms with E-state index in [4.69, 9.17) is 0 Å². The van der Waals surface area contributed by atoms with Crippen molar-refractivity contribution in [2.45, 2.75) is 37.8 Å². The van der Waals surface area contributed by atoms with Crippen LogP contribution < -0.4 is 5.32 Å². The van der Waals surface area contributed by atoms with E-state index >= 15 is 0 Å². The lowest BCUT2D eigenvalue weighted by atomic mass is 9.96. The number of likely N-dealkylation sites (N-methyl/N-ethyl adjacent to an activating group) is 1. The van der Waals surface area contributed by atoms with Crippen molar-refractivity contribution in [3.63, 3.8) is 0 Å². The van der Waals surface area contributed by atoms with Gasteiger partial charge in [-0.15, -0.1) is 6.58 Å². The second kappa shape index (κ2) is 5.57. The zero-order valence-electron chi connectivity index (χ0n) is 11.5. The van der Waals surface area contributed by atoms with E-state index in [2.05, 4.69) is 46.6 Å². The van der Waals surface area contributed by atoms with Crippen LogP contribution >= 0.6 is 0 Å². The average molecular weight is 248 g/mol. The summed E-state index contributed by atoms with van der Waals surface area (Å²) in [4.78, 5) is 6.76. The molecular weight excluding hydrogens is 224 g/mol. The third kappa shape index (κ3) is 2.58. The molecule has 1 aromatic heterocycles. The maximum atomic E-state index is 4.37. The highest BCUT2D eigenvalue weighted by Crippen LogP contribution is 2.35. The van der Waals surface area contributed by atoms with Gasteiger partial charge in [-0.05, 0) is 26.9 Å². The van der Waals surface area contributed by atoms with Gasteiger partial charge in [-0.3, -0.25) is 0 Å². The van der Waals surface area contributed by atoms with Crippen LogP contribution in [0.15, 0.2) is 25.0 Å². The quantitative estimate of drug-likeness (QED) is 0.785. The zero-order valence-corrected chi connectivity index (χ0v) is 11.5. The second-order valence-electron chi connectivity index (χ2n) is 5.37. The number of aromatic nitrogens is 2. The van der Waals surface area contributed by atoms with Crippen LogP contribution in [0, 0.1) is 0 Å². The molecule has 1 aromatic rings. The summed E-state index contributed by atoms with van der Waals surface area (Å²) in [6.07, 6.45) is 11.0. The van der Waals surface area contributed by atoms with Gasteiger partial charge in [-0.2, -0.15) is 0 Å². The number of hydrogen-bond acceptors (Lipinski definition) is 3. The van der Waals surface area contributed by atoms with E-state index in [1.54, 1.807) is 0 Å². The molecule has 1 aliphatic rings. The Morgan fingerprint density at radius 1 is 1.50 bits per heavy atom. The van der Waals surface area contributed by atoms with Crippen LogP contribution in [0.3, 0.4) is 0 Å². The molecule has 100 valence electrons. The van der Waals surface area contributed by atoms with E-state index in [-0.39, 0.29) is 0 Å². The van der Waals surface area contributed by atoms with E-state index in [1.807, 2.05) is 12.3 Å². The highest BCUT2D eigenvalue weighted by Gasteiger charge is 2.36. The third-order valence-electron chi connectivity index (χ3n) is 4.07. The predicted molar refractivity (Wildman–Crippen MR) is 75.8 cm³/mol. The van der Waals surface area contributed by atoms with Crippen molar-refractivity contribution in [2.75, 3.05) is 26.0 Å². The van der Waals surface area contributed by atoms with Crippen LogP contribution in [0.25, 0.3) is 0 Å². The molecule has 0 unspecified atom stereocenters. The Hall–Kier alpha value is -1.29. The monoisotopic (exact) mass is 248 g/mol. The summed E-state index contributed by atoms with van der Waals surface area (Å²) in [7, 11) is 4.39. The molecule has 2 rings (SSSR count). The third-order valence-corrected chi connectivity index (χ3v) is 4.07. The lowest BCUT2D eigenvalue weighted by molar-refractivity contribution is 0.134. The minimum Gasteiger partial charge on any atom is -0.352 e. The molecule has 1 aliphatic carbocycles. The summed E-state index contributed by atoms with van der Waals surface area (Å²) in [6, 6.07) is 0. The fraction of sp³-hybridized carbons (Fsp3) is 0.643. The Morgan fingerprint density at radius 2 is 2.22 bits per heavy atom. The lowest BCUT2D eigenvalue weighted by Gasteiger charge is -2.37. The lowest BCUT2D eigenvalue weighted by Crippen LogP contribution is -2.45. The van der Waals surface area contributed by atoms with Gasteiger partial charge in [-0.1, -0.05) is 18.9 Å². The summed E-state index contributed by atoms with van der Waals surface area (Å²) in [5, 5.41) is 3.29. The molecule has 4 heteroatoms. The largest absolute Gasteiger partial charge is 0.352 e. The first-order valence-corrected chi connectivity index (χ1v) is 6.71. The van der Waals surface area contributed by atoms with E-state index in [9.17, 15) is 0 Å². The van der Waals surface area contributed by atoms with E-state index in [1.165, 1.54) is 25.7 Å². The molecule has 1 saturated carbocycles. The second-order valence-corrected chi connectivity index (χ2v) is 5.37. The van der Waals surface area contributed by atoms with Gasteiger partial charge in [0.2, 0.25) is 5.95 Å². The normalized spacial score (nSPS) is 18.2. The van der Waals surface area contributed by atoms with Crippen LogP contribution in [0.4, 0.5) is 5.95 Å². The van der Waals surface area contributed by atoms with Crippen molar-refractivity contribution < 1.29 is 0 Å². The number of anilines is 1. The minimum atomic E-state index is 0.297. The number of nitrogens with one attached hydrogen (secondary N) is 1. The van der Waals surface area contributed by atoms with Crippen LogP contribution in [-0.4, -0.2) is 40.6 Å². The van der Waals surface area contributed by atoms with E-state index in [0.717, 1.165) is 19.0 Å². The molecule has 0 aliphatic heterocycles. The van der Waals surface area contributed by atoms with Crippen molar-refractivity contribution in [3.8, 4) is 0 Å². The van der Waals surface area contributed by atoms with E-state index < -0.39 is 0 Å². The topological polar surface area (TPSA) is 33.1 Å². The first-order valence-electron chi connectivity index (χ1n) is 6.71. The zero-order chi connectivity index (χ0) is 13.0. The molecule has 1 N–H and O–H groups in total. The maximum Gasteiger partial charge on any atom is 0.203 e. The standard InChI is InChI=1S/C14H24N4/c1-4-9-15-13-16-10-11-18(13)12-14(17(2)3)7-5-6-8-14/h4,10-11H,1,5-9,12H2,2-3H3,(H,15,16). The van der Waals surface area contributed by atoms with Crippen LogP contribution in [0.5, 0.6) is 0 Å². The Morgan fingerprint density at radius 3 is 2.83 bits per heavy atom. The van der Waals surface area contributed by atoms with Crippen molar-refractivity contribution in [3.05, 3.63) is 25.0 Å². The first-order chi connectivity index (χ1) is 8.68. The summed E-state index contributed by atoms with van der Waals surface area (Å²) < 4.78 is 2.23. The molecule has 0 bridgehead atoms. The summed E-state index contributed by atoms with van der Waals surface area (Å²) in [5.74, 6) is 0.947. The molecule has 0 radical (unpaired) electrons. The summed E-state index contributed by atoms with van der Waals surface area (Å²) >= 11 is 0. The average Bonchev–Trinajstić information content (AvgIpc) is 2.97. The number of rotatable bonds is 6. The smallest absolute Gasteiger partial charge is 0.203 e. The molecule has 0 saturated heterocycles. The van der Waals surface area contributed by atoms with Crippen molar-refractivity contribution in [2.24, 2.45) is 0 Å². The summed E-state index contributed by atoms with van der Waals surface area (Å²) in [5.41, 5.74) is 0.297. The van der Waals surface area contributed by atoms with Gasteiger partial charge in [0.1, 0.15) is 0 Å². The SMILES string of the molecule is C=CCNc1nccn1CC1(N(C)C)CCCC1. The minimum absolute atomic E-state index is 0.297. The number of imidazole rings is 1. The fourth-order valence-electron chi connectivity index (χ4n) is 2.86. The van der Waals surface area contributed by atoms with Crippen LogP contribution in [0.2, 0.25) is 0 Å². The fourth-order valence-corrected chi connectivity index (χ4v) is 2.86. The number of hydrogen-bond donors (Lipinski definition) is 1. The van der Waals surface area contributed by atoms with Crippen LogP contribution in [0.1, 0.15) is 25.7 Å². The van der Waals surface area contributed by atoms with Gasteiger partial charge in [0.05, 0.1) is 0 Å². The highest BCUT2D eigenvalue weighted by molar-refractivity contribution is 5.27. The molecule has 0 amide bonds.